The van der Waals surface area contributed by atoms with Crippen molar-refractivity contribution in [3.63, 3.8) is 0 Å². The summed E-state index contributed by atoms with van der Waals surface area (Å²) in [4.78, 5) is 24.0. The molecule has 0 aromatic rings. The summed E-state index contributed by atoms with van der Waals surface area (Å²) in [5.41, 5.74) is 0. The molecule has 47 heavy (non-hydrogen) atoms. The van der Waals surface area contributed by atoms with E-state index in [0.29, 0.717) is 12.8 Å². The summed E-state index contributed by atoms with van der Waals surface area (Å²) >= 11 is 0. The third-order valence-corrected chi connectivity index (χ3v) is 9.31. The quantitative estimate of drug-likeness (QED) is 0.0404. The highest BCUT2D eigenvalue weighted by Crippen LogP contribution is 2.15. The fourth-order valence-corrected chi connectivity index (χ4v) is 6.14. The molecule has 0 bridgehead atoms. The summed E-state index contributed by atoms with van der Waals surface area (Å²) in [5, 5.41) is 9.49. The van der Waals surface area contributed by atoms with Gasteiger partial charge in [0.15, 0.2) is 6.10 Å². The van der Waals surface area contributed by atoms with Crippen molar-refractivity contribution < 1.29 is 24.2 Å². The number of ether oxygens (including phenoxy) is 2. The van der Waals surface area contributed by atoms with Crippen LogP contribution in [0.2, 0.25) is 0 Å². The lowest BCUT2D eigenvalue weighted by molar-refractivity contribution is -0.161. The fourth-order valence-electron chi connectivity index (χ4n) is 6.14. The highest BCUT2D eigenvalue weighted by atomic mass is 16.6. The van der Waals surface area contributed by atoms with Gasteiger partial charge in [0.25, 0.3) is 0 Å². The molecule has 1 atom stereocenters. The molecule has 0 aromatic carbocycles. The van der Waals surface area contributed by atoms with Crippen LogP contribution >= 0.6 is 0 Å². The predicted octanol–water partition coefficient (Wildman–Crippen LogP) is 12.9. The number of carbonyl (C=O) groups is 2. The lowest BCUT2D eigenvalue weighted by Crippen LogP contribution is -2.28. The molecule has 5 heteroatoms. The summed E-state index contributed by atoms with van der Waals surface area (Å²) in [6, 6.07) is 0. The van der Waals surface area contributed by atoms with Crippen LogP contribution < -0.4 is 0 Å². The number of allylic oxidation sites excluding steroid dienone is 2. The Balaban J connectivity index is 3.38. The van der Waals surface area contributed by atoms with E-state index in [1.54, 1.807) is 0 Å². The number of hydrogen-bond donors (Lipinski definition) is 1. The van der Waals surface area contributed by atoms with Gasteiger partial charge in [-0.15, -0.1) is 0 Å². The van der Waals surface area contributed by atoms with Crippen molar-refractivity contribution in [1.29, 1.82) is 0 Å². The molecule has 0 fully saturated rings. The van der Waals surface area contributed by atoms with Crippen molar-refractivity contribution in [2.45, 2.75) is 232 Å². The van der Waals surface area contributed by atoms with E-state index in [-0.39, 0.29) is 25.2 Å². The van der Waals surface area contributed by atoms with E-state index in [9.17, 15) is 14.7 Å². The molecule has 278 valence electrons. The molecule has 1 unspecified atom stereocenters. The molecule has 0 aliphatic carbocycles. The van der Waals surface area contributed by atoms with Crippen molar-refractivity contribution in [3.05, 3.63) is 12.2 Å². The third kappa shape index (κ3) is 37.3. The Labute approximate surface area is 292 Å². The van der Waals surface area contributed by atoms with E-state index in [0.717, 1.165) is 38.5 Å². The van der Waals surface area contributed by atoms with Crippen molar-refractivity contribution in [2.24, 2.45) is 0 Å². The maximum absolute atomic E-state index is 12.1. The van der Waals surface area contributed by atoms with Gasteiger partial charge in [0.05, 0.1) is 6.61 Å². The summed E-state index contributed by atoms with van der Waals surface area (Å²) in [6.07, 6.45) is 44.6. The first-order chi connectivity index (χ1) is 23.1. The second-order valence-electron chi connectivity index (χ2n) is 14.1. The van der Waals surface area contributed by atoms with Crippen LogP contribution in [0.1, 0.15) is 226 Å². The second-order valence-corrected chi connectivity index (χ2v) is 14.1. The standard InChI is InChI=1S/C42H80O5/c1-3-5-7-9-11-12-13-14-15-16-17-18-19-20-21-22-23-24-25-26-27-28-29-30-31-33-35-37-42(45)47-40(38-43)39-46-41(44)36-34-32-10-8-6-4-2/h16-17,40,43H,3-15,18-39H2,1-2H3/b17-16-. The van der Waals surface area contributed by atoms with E-state index in [1.165, 1.54) is 161 Å². The van der Waals surface area contributed by atoms with Crippen molar-refractivity contribution >= 4 is 11.9 Å². The molecule has 0 aliphatic heterocycles. The minimum atomic E-state index is -0.761. The number of aliphatic hydroxyl groups excluding tert-OH is 1. The summed E-state index contributed by atoms with van der Waals surface area (Å²) in [6.45, 7) is 4.09. The predicted molar refractivity (Wildman–Crippen MR) is 201 cm³/mol. The molecule has 0 saturated carbocycles. The highest BCUT2D eigenvalue weighted by Gasteiger charge is 2.16. The number of carbonyl (C=O) groups excluding carboxylic acids is 2. The van der Waals surface area contributed by atoms with Crippen molar-refractivity contribution in [3.8, 4) is 0 Å². The Hall–Kier alpha value is -1.36. The molecule has 0 rings (SSSR count). The van der Waals surface area contributed by atoms with Gasteiger partial charge in [-0.3, -0.25) is 9.59 Å². The molecule has 1 N–H and O–H groups in total. The van der Waals surface area contributed by atoms with Gasteiger partial charge in [-0.2, -0.15) is 0 Å². The summed E-state index contributed by atoms with van der Waals surface area (Å²) in [7, 11) is 0. The Morgan fingerprint density at radius 3 is 1.15 bits per heavy atom. The van der Waals surface area contributed by atoms with Crippen LogP contribution in [-0.2, 0) is 19.1 Å². The summed E-state index contributed by atoms with van der Waals surface area (Å²) in [5.74, 6) is -0.591. The van der Waals surface area contributed by atoms with E-state index < -0.39 is 6.10 Å². The first-order valence-electron chi connectivity index (χ1n) is 20.7. The monoisotopic (exact) mass is 665 g/mol. The van der Waals surface area contributed by atoms with Gasteiger partial charge in [0.1, 0.15) is 6.61 Å². The minimum absolute atomic E-state index is 0.0611. The largest absolute Gasteiger partial charge is 0.462 e. The van der Waals surface area contributed by atoms with Crippen LogP contribution in [0.5, 0.6) is 0 Å². The van der Waals surface area contributed by atoms with Gasteiger partial charge < -0.3 is 14.6 Å². The Morgan fingerprint density at radius 2 is 0.787 bits per heavy atom. The van der Waals surface area contributed by atoms with E-state index in [4.69, 9.17) is 9.47 Å². The molecular formula is C42H80O5. The molecular weight excluding hydrogens is 584 g/mol. The van der Waals surface area contributed by atoms with E-state index >= 15 is 0 Å². The Kier molecular flexibility index (Phi) is 38.0. The molecule has 0 spiro atoms. The molecule has 0 radical (unpaired) electrons. The van der Waals surface area contributed by atoms with Gasteiger partial charge in [-0.25, -0.2) is 0 Å². The van der Waals surface area contributed by atoms with Gasteiger partial charge >= 0.3 is 11.9 Å². The molecule has 0 aromatic heterocycles. The maximum Gasteiger partial charge on any atom is 0.306 e. The van der Waals surface area contributed by atoms with E-state index in [2.05, 4.69) is 26.0 Å². The third-order valence-electron chi connectivity index (χ3n) is 9.31. The molecule has 5 nitrogen and oxygen atoms in total. The van der Waals surface area contributed by atoms with Crippen molar-refractivity contribution in [1.82, 2.24) is 0 Å². The topological polar surface area (TPSA) is 72.8 Å². The number of esters is 2. The average Bonchev–Trinajstić information content (AvgIpc) is 3.07. The first kappa shape index (κ1) is 45.6. The Morgan fingerprint density at radius 1 is 0.468 bits per heavy atom. The van der Waals surface area contributed by atoms with Crippen LogP contribution in [0.15, 0.2) is 12.2 Å². The number of unbranched alkanes of at least 4 members (excludes halogenated alkanes) is 28. The lowest BCUT2D eigenvalue weighted by Gasteiger charge is -2.15. The highest BCUT2D eigenvalue weighted by molar-refractivity contribution is 5.70. The fraction of sp³-hybridized carbons (Fsp3) is 0.905. The molecule has 0 heterocycles. The Bertz CT molecular complexity index is 676. The van der Waals surface area contributed by atoms with Gasteiger partial charge in [0.2, 0.25) is 0 Å². The first-order valence-corrected chi connectivity index (χ1v) is 20.7. The smallest absolute Gasteiger partial charge is 0.306 e. The van der Waals surface area contributed by atoms with E-state index in [1.807, 2.05) is 0 Å². The zero-order valence-electron chi connectivity index (χ0n) is 31.6. The van der Waals surface area contributed by atoms with Gasteiger partial charge in [-0.1, -0.05) is 187 Å². The average molecular weight is 665 g/mol. The lowest BCUT2D eigenvalue weighted by atomic mass is 10.0. The zero-order valence-corrected chi connectivity index (χ0v) is 31.6. The second kappa shape index (κ2) is 39.1. The van der Waals surface area contributed by atoms with Gasteiger partial charge in [-0.05, 0) is 38.5 Å². The zero-order chi connectivity index (χ0) is 34.3. The molecule has 0 amide bonds. The molecule has 0 aliphatic rings. The van der Waals surface area contributed by atoms with Crippen LogP contribution in [0.25, 0.3) is 0 Å². The maximum atomic E-state index is 12.1. The number of hydrogen-bond acceptors (Lipinski definition) is 5. The van der Waals surface area contributed by atoms with Crippen LogP contribution in [0, 0.1) is 0 Å². The van der Waals surface area contributed by atoms with Gasteiger partial charge in [0, 0.05) is 12.8 Å². The number of rotatable bonds is 38. The number of aliphatic hydroxyl groups is 1. The SMILES string of the molecule is CCCCCCCCCC/C=C\CCCCCCCCCCCCCCCCCC(=O)OC(CO)COC(=O)CCCCCCCC. The minimum Gasteiger partial charge on any atom is -0.462 e. The molecule has 0 saturated heterocycles. The van der Waals surface area contributed by atoms with Crippen molar-refractivity contribution in [2.75, 3.05) is 13.2 Å². The van der Waals surface area contributed by atoms with Crippen LogP contribution in [0.3, 0.4) is 0 Å². The normalized spacial score (nSPS) is 12.1. The van der Waals surface area contributed by atoms with Crippen LogP contribution in [-0.4, -0.2) is 36.4 Å². The summed E-state index contributed by atoms with van der Waals surface area (Å²) < 4.78 is 10.5. The van der Waals surface area contributed by atoms with Crippen LogP contribution in [0.4, 0.5) is 0 Å².